The van der Waals surface area contributed by atoms with Crippen molar-refractivity contribution in [3.63, 3.8) is 0 Å². The van der Waals surface area contributed by atoms with Crippen molar-refractivity contribution in [2.45, 2.75) is 6.18 Å². The van der Waals surface area contributed by atoms with Gasteiger partial charge < -0.3 is 5.11 Å². The van der Waals surface area contributed by atoms with Gasteiger partial charge in [-0.3, -0.25) is 10.1 Å². The molecule has 21 heavy (non-hydrogen) atoms. The van der Waals surface area contributed by atoms with Crippen LogP contribution in [0.15, 0.2) is 30.6 Å². The molecule has 0 fully saturated rings. The number of hydrogen-bond acceptors (Lipinski definition) is 4. The van der Waals surface area contributed by atoms with E-state index in [1.807, 2.05) is 0 Å². The summed E-state index contributed by atoms with van der Waals surface area (Å²) >= 11 is 0. The van der Waals surface area contributed by atoms with E-state index < -0.39 is 28.3 Å². The predicted octanol–water partition coefficient (Wildman–Crippen LogP) is 2.50. The summed E-state index contributed by atoms with van der Waals surface area (Å²) in [5.74, 6) is -1.29. The Bertz CT molecular complexity index is 724. The van der Waals surface area contributed by atoms with Gasteiger partial charge in [0.15, 0.2) is 0 Å². The Balaban J connectivity index is 2.56. The van der Waals surface area contributed by atoms with Gasteiger partial charge in [0.05, 0.1) is 22.4 Å². The molecule has 1 N–H and O–H groups in total. The third-order valence-corrected chi connectivity index (χ3v) is 2.58. The number of aromatic nitrogens is 2. The van der Waals surface area contributed by atoms with Crippen LogP contribution in [-0.4, -0.2) is 25.8 Å². The van der Waals surface area contributed by atoms with E-state index in [0.29, 0.717) is 12.1 Å². The number of nitro groups is 1. The molecule has 2 rings (SSSR count). The van der Waals surface area contributed by atoms with Crippen molar-refractivity contribution in [2.24, 2.45) is 0 Å². The fraction of sp³-hybridized carbons (Fsp3) is 0.0909. The lowest BCUT2D eigenvalue weighted by atomic mass is 10.1. The minimum absolute atomic E-state index is 0.138. The largest absolute Gasteiger partial charge is 0.478 e. The van der Waals surface area contributed by atoms with Crippen LogP contribution in [0.25, 0.3) is 5.69 Å². The maximum Gasteiger partial charge on any atom is 0.423 e. The summed E-state index contributed by atoms with van der Waals surface area (Å²) < 4.78 is 39.3. The number of carbonyl (C=O) groups is 1. The topological polar surface area (TPSA) is 98.3 Å². The molecular formula is C11H6F3N3O4. The molecule has 0 aliphatic heterocycles. The second-order valence-electron chi connectivity index (χ2n) is 3.94. The molecule has 0 bridgehead atoms. The molecule has 0 amide bonds. The van der Waals surface area contributed by atoms with E-state index in [1.54, 1.807) is 0 Å². The zero-order valence-corrected chi connectivity index (χ0v) is 10.0. The normalized spacial score (nSPS) is 11.4. The number of hydrogen-bond donors (Lipinski definition) is 1. The summed E-state index contributed by atoms with van der Waals surface area (Å²) in [6.45, 7) is 0. The van der Waals surface area contributed by atoms with E-state index in [0.717, 1.165) is 23.1 Å². The molecule has 110 valence electrons. The molecule has 10 heteroatoms. The quantitative estimate of drug-likeness (QED) is 0.693. The lowest BCUT2D eigenvalue weighted by Gasteiger charge is -2.09. The van der Waals surface area contributed by atoms with E-state index in [1.165, 1.54) is 0 Å². The summed E-state index contributed by atoms with van der Waals surface area (Å²) in [4.78, 5) is 20.2. The van der Waals surface area contributed by atoms with Crippen LogP contribution in [-0.2, 0) is 6.18 Å². The maximum absolute atomic E-state index is 12.8. The van der Waals surface area contributed by atoms with Gasteiger partial charge in [0.2, 0.25) is 0 Å². The molecule has 1 aromatic heterocycles. The van der Waals surface area contributed by atoms with Crippen molar-refractivity contribution in [1.29, 1.82) is 0 Å². The average molecular weight is 301 g/mol. The van der Waals surface area contributed by atoms with Crippen LogP contribution in [0.5, 0.6) is 0 Å². The van der Waals surface area contributed by atoms with Crippen molar-refractivity contribution < 1.29 is 28.0 Å². The molecule has 0 radical (unpaired) electrons. The first-order chi connectivity index (χ1) is 9.70. The summed E-state index contributed by atoms with van der Waals surface area (Å²) in [5.41, 5.74) is -2.88. The number of benzene rings is 1. The second kappa shape index (κ2) is 4.89. The third-order valence-electron chi connectivity index (χ3n) is 2.58. The van der Waals surface area contributed by atoms with Crippen LogP contribution in [0, 0.1) is 10.1 Å². The molecule has 0 spiro atoms. The molecule has 0 aliphatic rings. The number of nitro benzene ring substituents is 1. The molecule has 2 aromatic rings. The van der Waals surface area contributed by atoms with Gasteiger partial charge in [-0.2, -0.15) is 18.3 Å². The van der Waals surface area contributed by atoms with Gasteiger partial charge in [-0.1, -0.05) is 0 Å². The average Bonchev–Trinajstić information content (AvgIpc) is 2.86. The van der Waals surface area contributed by atoms with Crippen LogP contribution in [0.1, 0.15) is 15.9 Å². The van der Waals surface area contributed by atoms with Crippen LogP contribution in [0.3, 0.4) is 0 Å². The van der Waals surface area contributed by atoms with Crippen LogP contribution in [0.2, 0.25) is 0 Å². The Morgan fingerprint density at radius 1 is 1.38 bits per heavy atom. The van der Waals surface area contributed by atoms with E-state index >= 15 is 0 Å². The maximum atomic E-state index is 12.8. The molecule has 7 nitrogen and oxygen atoms in total. The summed E-state index contributed by atoms with van der Waals surface area (Å²) in [5, 5.41) is 22.9. The standard InChI is InChI=1S/C11H6F3N3O4/c12-11(13,14)8-3-7(1-2-9(8)17(20)21)16-5-6(4-15-16)10(18)19/h1-5H,(H,18,19). The number of aromatic carboxylic acids is 1. The van der Waals surface area contributed by atoms with Gasteiger partial charge in [0, 0.05) is 12.3 Å². The van der Waals surface area contributed by atoms with Gasteiger partial charge in [-0.05, 0) is 12.1 Å². The summed E-state index contributed by atoms with van der Waals surface area (Å²) in [6, 6.07) is 2.28. The first-order valence-electron chi connectivity index (χ1n) is 5.34. The predicted molar refractivity (Wildman–Crippen MR) is 62.2 cm³/mol. The fourth-order valence-electron chi connectivity index (χ4n) is 1.63. The molecule has 0 aliphatic carbocycles. The van der Waals surface area contributed by atoms with Crippen molar-refractivity contribution >= 4 is 11.7 Å². The third kappa shape index (κ3) is 2.83. The Kier molecular flexibility index (Phi) is 3.37. The number of nitrogens with zero attached hydrogens (tertiary/aromatic N) is 3. The molecule has 0 atom stereocenters. The fourth-order valence-corrected chi connectivity index (χ4v) is 1.63. The molecule has 0 saturated heterocycles. The Hall–Kier alpha value is -2.91. The van der Waals surface area contributed by atoms with Gasteiger partial charge in [0.25, 0.3) is 5.69 Å². The van der Waals surface area contributed by atoms with Crippen LogP contribution < -0.4 is 0 Å². The van der Waals surface area contributed by atoms with Crippen molar-refractivity contribution in [3.05, 3.63) is 51.8 Å². The minimum atomic E-state index is -4.92. The number of halogens is 3. The molecule has 0 saturated carbocycles. The highest BCUT2D eigenvalue weighted by atomic mass is 19.4. The SMILES string of the molecule is O=C(O)c1cnn(-c2ccc([N+](=O)[O-])c(C(F)(F)F)c2)c1. The molecule has 0 unspecified atom stereocenters. The van der Waals surface area contributed by atoms with E-state index in [9.17, 15) is 28.1 Å². The van der Waals surface area contributed by atoms with E-state index in [-0.39, 0.29) is 11.3 Å². The van der Waals surface area contributed by atoms with Crippen molar-refractivity contribution in [2.75, 3.05) is 0 Å². The van der Waals surface area contributed by atoms with Gasteiger partial charge in [0.1, 0.15) is 5.56 Å². The minimum Gasteiger partial charge on any atom is -0.478 e. The first-order valence-corrected chi connectivity index (χ1v) is 5.34. The van der Waals surface area contributed by atoms with Gasteiger partial charge >= 0.3 is 12.1 Å². The molecular weight excluding hydrogens is 295 g/mol. The van der Waals surface area contributed by atoms with Crippen molar-refractivity contribution in [3.8, 4) is 5.69 Å². The lowest BCUT2D eigenvalue weighted by molar-refractivity contribution is -0.388. The lowest BCUT2D eigenvalue weighted by Crippen LogP contribution is -2.10. The van der Waals surface area contributed by atoms with Crippen LogP contribution in [0.4, 0.5) is 18.9 Å². The number of carboxylic acids is 1. The number of alkyl halides is 3. The zero-order chi connectivity index (χ0) is 15.8. The van der Waals surface area contributed by atoms with Crippen molar-refractivity contribution in [1.82, 2.24) is 9.78 Å². The highest BCUT2D eigenvalue weighted by Gasteiger charge is 2.38. The molecule has 1 aromatic carbocycles. The Morgan fingerprint density at radius 2 is 2.05 bits per heavy atom. The Labute approximate surface area is 114 Å². The smallest absolute Gasteiger partial charge is 0.423 e. The van der Waals surface area contributed by atoms with E-state index in [4.69, 9.17) is 5.11 Å². The summed E-state index contributed by atoms with van der Waals surface area (Å²) in [7, 11) is 0. The highest BCUT2D eigenvalue weighted by molar-refractivity contribution is 5.87. The first kappa shape index (κ1) is 14.5. The van der Waals surface area contributed by atoms with Crippen LogP contribution >= 0.6 is 0 Å². The van der Waals surface area contributed by atoms with Gasteiger partial charge in [-0.25, -0.2) is 9.48 Å². The summed E-state index contributed by atoms with van der Waals surface area (Å²) in [6.07, 6.45) is -2.96. The van der Waals surface area contributed by atoms with Gasteiger partial charge in [-0.15, -0.1) is 0 Å². The monoisotopic (exact) mass is 301 g/mol. The second-order valence-corrected chi connectivity index (χ2v) is 3.94. The number of rotatable bonds is 3. The molecule has 1 heterocycles. The zero-order valence-electron chi connectivity index (χ0n) is 10.0. The number of carboxylic acid groups (broad SMARTS) is 1. The highest BCUT2D eigenvalue weighted by Crippen LogP contribution is 2.37. The van der Waals surface area contributed by atoms with E-state index in [2.05, 4.69) is 5.10 Å². The Morgan fingerprint density at radius 3 is 2.52 bits per heavy atom.